The Bertz CT molecular complexity index is 1150. The molecule has 206 valence electrons. The molecule has 15 heteroatoms. The fourth-order valence-corrected chi connectivity index (χ4v) is 5.28. The first kappa shape index (κ1) is 32.9. The first-order valence-electron chi connectivity index (χ1n) is 11.9. The molecule has 1 aromatic heterocycles. The molecule has 1 amide bonds. The van der Waals surface area contributed by atoms with E-state index in [0.717, 1.165) is 10.9 Å². The van der Waals surface area contributed by atoms with Gasteiger partial charge in [-0.15, -0.1) is 0 Å². The van der Waals surface area contributed by atoms with Crippen molar-refractivity contribution < 1.29 is 78.3 Å². The average Bonchev–Trinajstić information content (AvgIpc) is 3.22. The number of nitrogens with one attached hydrogen (secondary N) is 3. The number of carboxylic acids is 1. The fraction of sp³-hybridized carbons (Fsp3) is 0.565. The number of rotatable bonds is 11. The van der Waals surface area contributed by atoms with Gasteiger partial charge in [-0.25, -0.2) is 14.4 Å². The molecule has 0 aliphatic carbocycles. The van der Waals surface area contributed by atoms with Gasteiger partial charge in [0.1, 0.15) is 24.4 Å². The number of aliphatic hydroxyl groups excluding tert-OH is 3. The summed E-state index contributed by atoms with van der Waals surface area (Å²) in [6.07, 6.45) is -6.08. The zero-order valence-electron chi connectivity index (χ0n) is 21.6. The number of hydrogen-bond acceptors (Lipinski definition) is 8. The number of ether oxygens (including phenoxy) is 1. The number of para-hydroxylation sites is 1. The first-order chi connectivity index (χ1) is 17.3. The van der Waals surface area contributed by atoms with E-state index in [1.807, 2.05) is 24.3 Å². The van der Waals surface area contributed by atoms with Crippen LogP contribution in [0.2, 0.25) is 0 Å². The molecule has 8 N–H and O–H groups in total. The van der Waals surface area contributed by atoms with E-state index >= 15 is 0 Å². The van der Waals surface area contributed by atoms with E-state index in [2.05, 4.69) is 15.4 Å². The normalized spacial score (nSPS) is 26.8. The number of carboxylic acid groups (broad SMARTS) is 1. The Kier molecular flexibility index (Phi) is 12.0. The van der Waals surface area contributed by atoms with Crippen LogP contribution >= 0.6 is 7.75 Å². The van der Waals surface area contributed by atoms with Crippen molar-refractivity contribution in [3.63, 3.8) is 0 Å². The Labute approximate surface area is 241 Å². The molecule has 8 atom stereocenters. The summed E-state index contributed by atoms with van der Waals surface area (Å²) in [6, 6.07) is 4.63. The van der Waals surface area contributed by atoms with Crippen LogP contribution < -0.4 is 40.0 Å². The largest absolute Gasteiger partial charge is 1.00 e. The summed E-state index contributed by atoms with van der Waals surface area (Å²) in [6.45, 7) is 4.90. The third-order valence-corrected chi connectivity index (χ3v) is 7.24. The molecule has 1 aliphatic heterocycles. The van der Waals surface area contributed by atoms with Crippen molar-refractivity contribution in [2.45, 2.75) is 76.4 Å². The van der Waals surface area contributed by atoms with Crippen LogP contribution in [0.5, 0.6) is 0 Å². The second-order valence-electron chi connectivity index (χ2n) is 9.58. The average molecular weight is 567 g/mol. The van der Waals surface area contributed by atoms with Crippen molar-refractivity contribution >= 4 is 30.5 Å². The molecule has 13 nitrogen and oxygen atoms in total. The quantitative estimate of drug-likeness (QED) is 0.103. The summed E-state index contributed by atoms with van der Waals surface area (Å²) < 4.78 is 23.0. The van der Waals surface area contributed by atoms with Gasteiger partial charge < -0.3 is 40.4 Å². The summed E-state index contributed by atoms with van der Waals surface area (Å²) >= 11 is 0. The van der Waals surface area contributed by atoms with Crippen LogP contribution in [0.25, 0.3) is 10.9 Å². The number of H-pyrrole nitrogens is 1. The molecule has 0 saturated carbocycles. The van der Waals surface area contributed by atoms with E-state index in [-0.39, 0.29) is 48.3 Å². The molecule has 0 bridgehead atoms. The van der Waals surface area contributed by atoms with Crippen LogP contribution in [0.15, 0.2) is 30.5 Å². The fourth-order valence-electron chi connectivity index (χ4n) is 4.15. The van der Waals surface area contributed by atoms with Gasteiger partial charge in [-0.1, -0.05) is 32.0 Å². The molecule has 2 heterocycles. The smallest absolute Gasteiger partial charge is 0.480 e. The van der Waals surface area contributed by atoms with Crippen molar-refractivity contribution in [3.8, 4) is 0 Å². The monoisotopic (exact) mass is 566 g/mol. The predicted octanol–water partition coefficient (Wildman–Crippen LogP) is -2.77. The summed E-state index contributed by atoms with van der Waals surface area (Å²) in [7, 11) is -4.83. The molecule has 8 unspecified atom stereocenters. The van der Waals surface area contributed by atoms with E-state index in [1.54, 1.807) is 20.0 Å². The minimum absolute atomic E-state index is 0. The molecule has 1 aromatic carbocycles. The Hall–Kier alpha value is -1.35. The zero-order chi connectivity index (χ0) is 27.5. The number of aliphatic carboxylic acids is 1. The summed E-state index contributed by atoms with van der Waals surface area (Å²) in [5, 5.41) is 45.0. The Morgan fingerprint density at radius 3 is 2.42 bits per heavy atom. The molecule has 1 fully saturated rings. The van der Waals surface area contributed by atoms with Gasteiger partial charge in [-0.05, 0) is 30.9 Å². The van der Waals surface area contributed by atoms with E-state index in [4.69, 9.17) is 9.26 Å². The number of hydrogen-bond donors (Lipinski definition) is 8. The van der Waals surface area contributed by atoms with Crippen LogP contribution in [-0.2, 0) is 29.8 Å². The van der Waals surface area contributed by atoms with Crippen molar-refractivity contribution in [1.82, 2.24) is 15.4 Å². The zero-order valence-corrected chi connectivity index (χ0v) is 24.5. The maximum absolute atomic E-state index is 13.1. The molecular weight excluding hydrogens is 532 g/mol. The number of aromatic nitrogens is 1. The van der Waals surface area contributed by atoms with Crippen molar-refractivity contribution in [2.75, 3.05) is 0 Å². The van der Waals surface area contributed by atoms with Gasteiger partial charge in [0.05, 0.1) is 12.1 Å². The number of aromatic amines is 1. The van der Waals surface area contributed by atoms with E-state index in [0.29, 0.717) is 5.56 Å². The number of fused-ring (bicyclic) bond motifs is 1. The van der Waals surface area contributed by atoms with Crippen LogP contribution in [0.1, 0.15) is 32.8 Å². The van der Waals surface area contributed by atoms with Crippen molar-refractivity contribution in [2.24, 2.45) is 5.92 Å². The van der Waals surface area contributed by atoms with Crippen molar-refractivity contribution in [1.29, 1.82) is 0 Å². The molecular formula is C23H34N3NaO10P+. The van der Waals surface area contributed by atoms with Gasteiger partial charge in [-0.3, -0.25) is 9.32 Å². The Balaban J connectivity index is 0.00000507. The third-order valence-electron chi connectivity index (χ3n) is 6.11. The van der Waals surface area contributed by atoms with Gasteiger partial charge in [-0.2, -0.15) is 0 Å². The van der Waals surface area contributed by atoms with Gasteiger partial charge >= 0.3 is 43.3 Å². The molecule has 0 spiro atoms. The SMILES string of the molecule is CC(C)CC(NP(=O)(O)OC1OC(C)C(O)C(O)C1O)C(=O)NC(Cc1c[nH]c2ccccc12)C(=O)O.[Na+]. The van der Waals surface area contributed by atoms with E-state index in [9.17, 15) is 39.5 Å². The minimum atomic E-state index is -4.83. The van der Waals surface area contributed by atoms with Gasteiger partial charge in [0.15, 0.2) is 6.29 Å². The van der Waals surface area contributed by atoms with Gasteiger partial charge in [0.25, 0.3) is 0 Å². The van der Waals surface area contributed by atoms with Crippen LogP contribution in [0.4, 0.5) is 0 Å². The van der Waals surface area contributed by atoms with E-state index < -0.39 is 62.4 Å². The molecule has 3 rings (SSSR count). The topological polar surface area (TPSA) is 211 Å². The number of carbonyl (C=O) groups is 2. The molecule has 1 aliphatic rings. The maximum atomic E-state index is 13.1. The standard InChI is InChI=1S/C23H34N3O10P.Na/c1-11(2)8-16(26-37(33,34)36-23-20(29)19(28)18(27)12(3)35-23)21(30)25-17(22(31)32)9-13-10-24-15-7-5-4-6-14(13)15;/h4-7,10-12,16-20,23-24,27-29H,8-9H2,1-3H3,(H,25,30)(H,31,32)(H2,26,33,34);/q;+1. The predicted molar refractivity (Wildman–Crippen MR) is 131 cm³/mol. The van der Waals surface area contributed by atoms with Crippen molar-refractivity contribution in [3.05, 3.63) is 36.0 Å². The van der Waals surface area contributed by atoms with Crippen LogP contribution in [0, 0.1) is 5.92 Å². The molecule has 0 radical (unpaired) electrons. The number of aliphatic hydroxyl groups is 3. The number of benzene rings is 1. The summed E-state index contributed by atoms with van der Waals surface area (Å²) in [5.74, 6) is -2.27. The molecule has 2 aromatic rings. The minimum Gasteiger partial charge on any atom is -0.480 e. The Morgan fingerprint density at radius 2 is 1.79 bits per heavy atom. The first-order valence-corrected chi connectivity index (χ1v) is 13.4. The third kappa shape index (κ3) is 8.33. The second kappa shape index (κ2) is 13.8. The van der Waals surface area contributed by atoms with Gasteiger partial charge in [0.2, 0.25) is 5.91 Å². The Morgan fingerprint density at radius 1 is 1.13 bits per heavy atom. The van der Waals surface area contributed by atoms with Gasteiger partial charge in [0, 0.05) is 23.5 Å². The number of carbonyl (C=O) groups excluding carboxylic acids is 1. The van der Waals surface area contributed by atoms with Crippen LogP contribution in [-0.4, -0.2) is 85.0 Å². The number of amides is 1. The molecule has 38 heavy (non-hydrogen) atoms. The molecule has 1 saturated heterocycles. The van der Waals surface area contributed by atoms with E-state index in [1.165, 1.54) is 6.92 Å². The maximum Gasteiger partial charge on any atom is 1.00 e. The summed E-state index contributed by atoms with van der Waals surface area (Å²) in [4.78, 5) is 38.5. The van der Waals surface area contributed by atoms with Crippen LogP contribution in [0.3, 0.4) is 0 Å². The second-order valence-corrected chi connectivity index (χ2v) is 11.1. The summed E-state index contributed by atoms with van der Waals surface area (Å²) in [5.41, 5.74) is 1.48.